The molecule has 2 rings (SSSR count). The summed E-state index contributed by atoms with van der Waals surface area (Å²) in [6.45, 7) is 0. The van der Waals surface area contributed by atoms with Crippen LogP contribution in [0, 0.1) is 0 Å². The molecule has 0 aliphatic rings. The first-order chi connectivity index (χ1) is 7.88. The summed E-state index contributed by atoms with van der Waals surface area (Å²) in [5, 5.41) is 18.2. The second-order valence-corrected chi connectivity index (χ2v) is 3.24. The van der Waals surface area contributed by atoms with E-state index in [0.717, 1.165) is 18.4 Å². The lowest BCUT2D eigenvalue weighted by Crippen LogP contribution is -2.04. The van der Waals surface area contributed by atoms with Gasteiger partial charge in [0.2, 0.25) is 0 Å². The highest BCUT2D eigenvalue weighted by molar-refractivity contribution is 5.62. The normalized spacial score (nSPS) is 11.7. The minimum atomic E-state index is -4.66. The molecule has 1 aromatic heterocycles. The van der Waals surface area contributed by atoms with Crippen LogP contribution in [0.5, 0.6) is 11.5 Å². The summed E-state index contributed by atoms with van der Waals surface area (Å²) in [4.78, 5) is 3.24. The van der Waals surface area contributed by atoms with Gasteiger partial charge in [-0.15, -0.1) is 0 Å². The Hall–Kier alpha value is -2.18. The molecule has 0 atom stereocenters. The quantitative estimate of drug-likeness (QED) is 0.758. The first-order valence-corrected chi connectivity index (χ1v) is 4.43. The first kappa shape index (κ1) is 11.3. The van der Waals surface area contributed by atoms with E-state index in [1.807, 2.05) is 0 Å². The zero-order valence-electron chi connectivity index (χ0n) is 8.19. The zero-order chi connectivity index (χ0) is 12.6. The highest BCUT2D eigenvalue weighted by Crippen LogP contribution is 2.33. The molecule has 1 heterocycles. The van der Waals surface area contributed by atoms with E-state index < -0.39 is 17.8 Å². The van der Waals surface area contributed by atoms with E-state index in [2.05, 4.69) is 9.40 Å². The van der Waals surface area contributed by atoms with Crippen LogP contribution >= 0.6 is 0 Å². The summed E-state index contributed by atoms with van der Waals surface area (Å²) >= 11 is 0. The van der Waals surface area contributed by atoms with Gasteiger partial charge in [0.15, 0.2) is 11.5 Å². The third-order valence-corrected chi connectivity index (χ3v) is 2.02. The average molecular weight is 245 g/mol. The summed E-state index contributed by atoms with van der Waals surface area (Å²) in [7, 11) is 0. The van der Waals surface area contributed by atoms with Gasteiger partial charge >= 0.3 is 12.1 Å². The summed E-state index contributed by atoms with van der Waals surface area (Å²) in [6.07, 6.45) is -3.83. The van der Waals surface area contributed by atoms with Crippen molar-refractivity contribution in [2.45, 2.75) is 6.18 Å². The number of benzene rings is 1. The maximum absolute atomic E-state index is 12.2. The first-order valence-electron chi connectivity index (χ1n) is 4.43. The molecule has 90 valence electrons. The predicted molar refractivity (Wildman–Crippen MR) is 50.3 cm³/mol. The monoisotopic (exact) mass is 245 g/mol. The highest BCUT2D eigenvalue weighted by Gasteiger charge is 2.37. The summed E-state index contributed by atoms with van der Waals surface area (Å²) in [6, 6.07) is 3.55. The lowest BCUT2D eigenvalue weighted by atomic mass is 10.1. The topological polar surface area (TPSA) is 66.5 Å². The molecule has 1 aromatic carbocycles. The average Bonchev–Trinajstić information content (AvgIpc) is 2.70. The molecule has 17 heavy (non-hydrogen) atoms. The Morgan fingerprint density at radius 2 is 1.82 bits per heavy atom. The van der Waals surface area contributed by atoms with Crippen molar-refractivity contribution in [3.63, 3.8) is 0 Å². The Morgan fingerprint density at radius 3 is 2.35 bits per heavy atom. The molecule has 4 nitrogen and oxygen atoms in total. The van der Waals surface area contributed by atoms with Crippen molar-refractivity contribution >= 4 is 0 Å². The molecule has 0 spiro atoms. The molecule has 0 unspecified atom stereocenters. The molecule has 7 heteroatoms. The van der Waals surface area contributed by atoms with Crippen molar-refractivity contribution in [3.05, 3.63) is 30.4 Å². The fraction of sp³-hybridized carbons (Fsp3) is 0.100. The van der Waals surface area contributed by atoms with Crippen molar-refractivity contribution in [1.82, 2.24) is 4.98 Å². The standard InChI is InChI=1S/C10H6F3NO3/c11-10(12,13)9-14-6(4-17-9)5-1-2-7(15)8(16)3-5/h1-4,15-16H. The van der Waals surface area contributed by atoms with Gasteiger partial charge in [-0.3, -0.25) is 0 Å². The van der Waals surface area contributed by atoms with E-state index in [-0.39, 0.29) is 17.0 Å². The maximum Gasteiger partial charge on any atom is 0.468 e. The molecule has 2 N–H and O–H groups in total. The van der Waals surface area contributed by atoms with Crippen LogP contribution in [0.15, 0.2) is 28.9 Å². The third kappa shape index (κ3) is 2.17. The van der Waals surface area contributed by atoms with Gasteiger partial charge in [0.1, 0.15) is 12.0 Å². The Morgan fingerprint density at radius 1 is 1.12 bits per heavy atom. The molecule has 0 aliphatic heterocycles. The number of hydrogen-bond donors (Lipinski definition) is 2. The molecule has 0 amide bonds. The Labute approximate surface area is 93.0 Å². The number of rotatable bonds is 1. The second kappa shape index (κ2) is 3.69. The largest absolute Gasteiger partial charge is 0.504 e. The molecule has 0 saturated carbocycles. The van der Waals surface area contributed by atoms with E-state index in [4.69, 9.17) is 5.11 Å². The molecular weight excluding hydrogens is 239 g/mol. The van der Waals surface area contributed by atoms with Gasteiger partial charge < -0.3 is 14.6 Å². The van der Waals surface area contributed by atoms with Gasteiger partial charge in [0.25, 0.3) is 0 Å². The molecule has 0 aliphatic carbocycles. The molecule has 2 aromatic rings. The molecule has 0 bridgehead atoms. The van der Waals surface area contributed by atoms with Gasteiger partial charge in [-0.25, -0.2) is 4.98 Å². The van der Waals surface area contributed by atoms with Crippen LogP contribution in [0.1, 0.15) is 5.89 Å². The SMILES string of the molecule is Oc1ccc(-c2coc(C(F)(F)F)n2)cc1O. The van der Waals surface area contributed by atoms with Crippen LogP contribution in [0.4, 0.5) is 13.2 Å². The Balaban J connectivity index is 2.40. The number of nitrogens with zero attached hydrogens (tertiary/aromatic N) is 1. The molecule has 0 radical (unpaired) electrons. The highest BCUT2D eigenvalue weighted by atomic mass is 19.4. The maximum atomic E-state index is 12.2. The lowest BCUT2D eigenvalue weighted by molar-refractivity contribution is -0.157. The summed E-state index contributed by atoms with van der Waals surface area (Å²) in [5.41, 5.74) is 0.132. The van der Waals surface area contributed by atoms with E-state index in [0.29, 0.717) is 0 Å². The lowest BCUT2D eigenvalue weighted by Gasteiger charge is -2.00. The van der Waals surface area contributed by atoms with Crippen molar-refractivity contribution in [3.8, 4) is 22.8 Å². The minimum absolute atomic E-state index is 0.0763. The number of aromatic hydroxyl groups is 2. The van der Waals surface area contributed by atoms with Crippen LogP contribution in [0.3, 0.4) is 0 Å². The van der Waals surface area contributed by atoms with Crippen LogP contribution in [0.25, 0.3) is 11.3 Å². The van der Waals surface area contributed by atoms with E-state index >= 15 is 0 Å². The van der Waals surface area contributed by atoms with Crippen LogP contribution in [0.2, 0.25) is 0 Å². The van der Waals surface area contributed by atoms with Crippen molar-refractivity contribution < 1.29 is 27.8 Å². The predicted octanol–water partition coefficient (Wildman–Crippen LogP) is 2.77. The van der Waals surface area contributed by atoms with Crippen molar-refractivity contribution in [2.24, 2.45) is 0 Å². The minimum Gasteiger partial charge on any atom is -0.504 e. The molecule has 0 fully saturated rings. The fourth-order valence-electron chi connectivity index (χ4n) is 1.22. The van der Waals surface area contributed by atoms with E-state index in [1.165, 1.54) is 6.07 Å². The van der Waals surface area contributed by atoms with Gasteiger partial charge in [0, 0.05) is 5.56 Å². The summed E-state index contributed by atoms with van der Waals surface area (Å²) in [5.74, 6) is -2.17. The van der Waals surface area contributed by atoms with E-state index in [1.54, 1.807) is 0 Å². The van der Waals surface area contributed by atoms with Gasteiger partial charge in [-0.1, -0.05) is 0 Å². The number of halogens is 3. The van der Waals surface area contributed by atoms with Gasteiger partial charge in [0.05, 0.1) is 0 Å². The molecule has 0 saturated heterocycles. The number of oxazole rings is 1. The zero-order valence-corrected chi connectivity index (χ0v) is 8.19. The summed E-state index contributed by atoms with van der Waals surface area (Å²) < 4.78 is 40.9. The Bertz CT molecular complexity index is 548. The van der Waals surface area contributed by atoms with E-state index in [9.17, 15) is 18.3 Å². The number of aromatic nitrogens is 1. The number of phenolic OH excluding ortho intramolecular Hbond substituents is 2. The smallest absolute Gasteiger partial charge is 0.468 e. The second-order valence-electron chi connectivity index (χ2n) is 3.24. The number of phenols is 2. The van der Waals surface area contributed by atoms with Crippen LogP contribution in [-0.4, -0.2) is 15.2 Å². The Kier molecular flexibility index (Phi) is 2.45. The number of hydrogen-bond acceptors (Lipinski definition) is 4. The van der Waals surface area contributed by atoms with Gasteiger partial charge in [-0.05, 0) is 18.2 Å². The third-order valence-electron chi connectivity index (χ3n) is 2.02. The van der Waals surface area contributed by atoms with Gasteiger partial charge in [-0.2, -0.15) is 13.2 Å². The van der Waals surface area contributed by atoms with Crippen molar-refractivity contribution in [2.75, 3.05) is 0 Å². The van der Waals surface area contributed by atoms with Crippen LogP contribution < -0.4 is 0 Å². The fourth-order valence-corrected chi connectivity index (χ4v) is 1.22. The number of alkyl halides is 3. The molecular formula is C10H6F3NO3. The van der Waals surface area contributed by atoms with Crippen molar-refractivity contribution in [1.29, 1.82) is 0 Å². The van der Waals surface area contributed by atoms with Crippen LogP contribution in [-0.2, 0) is 6.18 Å².